The highest BCUT2D eigenvalue weighted by Gasteiger charge is 2.29. The minimum atomic E-state index is -4.37. The molecule has 2 aromatic rings. The topological polar surface area (TPSA) is 49.3 Å². The summed E-state index contributed by atoms with van der Waals surface area (Å²) in [5.74, 6) is 0. The molecule has 3 nitrogen and oxygen atoms in total. The van der Waals surface area contributed by atoms with Crippen LogP contribution in [0.1, 0.15) is 5.56 Å². The molecular formula is C13H10F3NO2S. The van der Waals surface area contributed by atoms with Crippen LogP contribution in [0.4, 0.5) is 18.9 Å². The molecule has 0 aliphatic rings. The third-order valence-electron chi connectivity index (χ3n) is 2.61. The normalized spacial score (nSPS) is 13.0. The first-order valence-corrected chi connectivity index (χ1v) is 6.62. The molecule has 7 heteroatoms. The lowest BCUT2D eigenvalue weighted by atomic mass is 10.0. The second-order valence-corrected chi connectivity index (χ2v) is 4.71. The van der Waals surface area contributed by atoms with Crippen molar-refractivity contribution in [3.05, 3.63) is 54.1 Å². The first kappa shape index (κ1) is 14.5. The zero-order valence-electron chi connectivity index (χ0n) is 10.0. The molecule has 0 bridgehead atoms. The van der Waals surface area contributed by atoms with Crippen LogP contribution in [0.25, 0.3) is 11.1 Å². The van der Waals surface area contributed by atoms with E-state index in [0.29, 0.717) is 16.8 Å². The van der Waals surface area contributed by atoms with Crippen molar-refractivity contribution < 1.29 is 21.9 Å². The van der Waals surface area contributed by atoms with Gasteiger partial charge in [0.05, 0.1) is 5.56 Å². The lowest BCUT2D eigenvalue weighted by Gasteiger charge is -2.09. The van der Waals surface area contributed by atoms with Gasteiger partial charge in [0, 0.05) is 5.69 Å². The number of rotatable bonds is 3. The van der Waals surface area contributed by atoms with Crippen molar-refractivity contribution in [1.29, 1.82) is 0 Å². The van der Waals surface area contributed by atoms with E-state index >= 15 is 0 Å². The largest absolute Gasteiger partial charge is 0.416 e. The standard InChI is InChI=1S/C13H10F3NO2S/c14-13(15,16)11-6-4-9(5-7-11)10-2-1-3-12(8-10)17-20(18)19/h1-8,17H,(H,18,19). The fourth-order valence-electron chi connectivity index (χ4n) is 1.71. The first-order valence-electron chi connectivity index (χ1n) is 5.51. The Balaban J connectivity index is 2.30. The van der Waals surface area contributed by atoms with Crippen LogP contribution in [0.5, 0.6) is 0 Å². The summed E-state index contributed by atoms with van der Waals surface area (Å²) < 4.78 is 59.0. The van der Waals surface area contributed by atoms with Crippen LogP contribution in [0.15, 0.2) is 48.5 Å². The van der Waals surface area contributed by atoms with E-state index in [2.05, 4.69) is 4.72 Å². The van der Waals surface area contributed by atoms with Crippen LogP contribution >= 0.6 is 0 Å². The lowest BCUT2D eigenvalue weighted by molar-refractivity contribution is -0.137. The molecule has 1 unspecified atom stereocenters. The predicted molar refractivity (Wildman–Crippen MR) is 71.3 cm³/mol. The zero-order valence-corrected chi connectivity index (χ0v) is 10.8. The van der Waals surface area contributed by atoms with Gasteiger partial charge in [-0.15, -0.1) is 0 Å². The third-order valence-corrected chi connectivity index (χ3v) is 3.02. The number of halogens is 3. The summed E-state index contributed by atoms with van der Waals surface area (Å²) in [4.78, 5) is 0. The summed E-state index contributed by atoms with van der Waals surface area (Å²) in [6.45, 7) is 0. The highest BCUT2D eigenvalue weighted by Crippen LogP contribution is 2.31. The lowest BCUT2D eigenvalue weighted by Crippen LogP contribution is -2.04. The minimum absolute atomic E-state index is 0.406. The molecule has 0 fully saturated rings. The molecule has 2 N–H and O–H groups in total. The Labute approximate surface area is 115 Å². The molecule has 0 aromatic heterocycles. The Morgan fingerprint density at radius 3 is 2.20 bits per heavy atom. The maximum atomic E-state index is 12.5. The Morgan fingerprint density at radius 1 is 1.00 bits per heavy atom. The highest BCUT2D eigenvalue weighted by molar-refractivity contribution is 7.80. The van der Waals surface area contributed by atoms with Gasteiger partial charge in [0.15, 0.2) is 0 Å². The molecule has 2 aromatic carbocycles. The van der Waals surface area contributed by atoms with Crippen LogP contribution in [-0.2, 0) is 17.4 Å². The van der Waals surface area contributed by atoms with Crippen molar-refractivity contribution in [1.82, 2.24) is 0 Å². The molecule has 2 rings (SSSR count). The summed E-state index contributed by atoms with van der Waals surface area (Å²) in [5.41, 5.74) is 0.926. The second kappa shape index (κ2) is 5.64. The molecule has 0 saturated carbocycles. The molecule has 106 valence electrons. The number of hydrogen-bond donors (Lipinski definition) is 2. The number of hydrogen-bond acceptors (Lipinski definition) is 1. The van der Waals surface area contributed by atoms with Crippen LogP contribution in [0, 0.1) is 0 Å². The average Bonchev–Trinajstić information content (AvgIpc) is 2.37. The molecule has 0 saturated heterocycles. The Hall–Kier alpha value is -1.86. The fraction of sp³-hybridized carbons (Fsp3) is 0.0769. The Kier molecular flexibility index (Phi) is 4.10. The van der Waals surface area contributed by atoms with Gasteiger partial charge in [0.25, 0.3) is 11.3 Å². The van der Waals surface area contributed by atoms with Crippen LogP contribution < -0.4 is 4.72 Å². The molecule has 0 amide bonds. The summed E-state index contributed by atoms with van der Waals surface area (Å²) in [6.07, 6.45) is -4.37. The number of alkyl halides is 3. The molecule has 0 spiro atoms. The van der Waals surface area contributed by atoms with Crippen LogP contribution in [0.2, 0.25) is 0 Å². The van der Waals surface area contributed by atoms with Gasteiger partial charge in [-0.3, -0.25) is 9.27 Å². The van der Waals surface area contributed by atoms with Crippen LogP contribution in [0.3, 0.4) is 0 Å². The summed E-state index contributed by atoms with van der Waals surface area (Å²) in [7, 11) is 0. The van der Waals surface area contributed by atoms with Gasteiger partial charge >= 0.3 is 6.18 Å². The van der Waals surface area contributed by atoms with E-state index in [1.807, 2.05) is 0 Å². The molecule has 0 aliphatic carbocycles. The maximum Gasteiger partial charge on any atom is 0.416 e. The van der Waals surface area contributed by atoms with E-state index in [1.165, 1.54) is 12.1 Å². The number of nitrogens with one attached hydrogen (secondary N) is 1. The molecule has 1 atom stereocenters. The summed E-state index contributed by atoms with van der Waals surface area (Å²) >= 11 is -2.20. The van der Waals surface area contributed by atoms with Gasteiger partial charge in [0.2, 0.25) is 0 Å². The Bertz CT molecular complexity index is 626. The van der Waals surface area contributed by atoms with E-state index in [4.69, 9.17) is 4.55 Å². The van der Waals surface area contributed by atoms with Crippen molar-refractivity contribution in [3.8, 4) is 11.1 Å². The first-order chi connectivity index (χ1) is 9.36. The van der Waals surface area contributed by atoms with Crippen LogP contribution in [-0.4, -0.2) is 8.76 Å². The zero-order chi connectivity index (χ0) is 14.8. The average molecular weight is 301 g/mol. The van der Waals surface area contributed by atoms with Gasteiger partial charge < -0.3 is 0 Å². The van der Waals surface area contributed by atoms with E-state index in [0.717, 1.165) is 12.1 Å². The van der Waals surface area contributed by atoms with E-state index in [1.54, 1.807) is 24.3 Å². The van der Waals surface area contributed by atoms with Gasteiger partial charge in [-0.1, -0.05) is 24.3 Å². The van der Waals surface area contributed by atoms with Gasteiger partial charge in [-0.25, -0.2) is 4.21 Å². The monoisotopic (exact) mass is 301 g/mol. The molecule has 0 aliphatic heterocycles. The predicted octanol–water partition coefficient (Wildman–Crippen LogP) is 3.92. The number of benzene rings is 2. The molecule has 0 heterocycles. The fourth-order valence-corrected chi connectivity index (χ4v) is 2.04. The van der Waals surface area contributed by atoms with Crippen molar-refractivity contribution in [2.75, 3.05) is 4.72 Å². The second-order valence-electron chi connectivity index (χ2n) is 4.01. The van der Waals surface area contributed by atoms with Crippen molar-refractivity contribution in [3.63, 3.8) is 0 Å². The smallest absolute Gasteiger partial charge is 0.289 e. The summed E-state index contributed by atoms with van der Waals surface area (Å²) in [5, 5.41) is 0. The highest BCUT2D eigenvalue weighted by atomic mass is 32.2. The quantitative estimate of drug-likeness (QED) is 0.844. The van der Waals surface area contributed by atoms with Gasteiger partial charge in [-0.2, -0.15) is 13.2 Å². The third kappa shape index (κ3) is 3.58. The van der Waals surface area contributed by atoms with Crippen molar-refractivity contribution in [2.24, 2.45) is 0 Å². The van der Waals surface area contributed by atoms with Gasteiger partial charge in [-0.05, 0) is 35.4 Å². The molecule has 20 heavy (non-hydrogen) atoms. The van der Waals surface area contributed by atoms with E-state index in [-0.39, 0.29) is 0 Å². The maximum absolute atomic E-state index is 12.5. The van der Waals surface area contributed by atoms with Gasteiger partial charge in [0.1, 0.15) is 0 Å². The van der Waals surface area contributed by atoms with Crippen molar-refractivity contribution in [2.45, 2.75) is 6.18 Å². The number of anilines is 1. The van der Waals surface area contributed by atoms with E-state index in [9.17, 15) is 17.4 Å². The molecule has 0 radical (unpaired) electrons. The molecular weight excluding hydrogens is 291 g/mol. The minimum Gasteiger partial charge on any atom is -0.289 e. The van der Waals surface area contributed by atoms with Crippen molar-refractivity contribution >= 4 is 17.0 Å². The summed E-state index contributed by atoms with van der Waals surface area (Å²) in [6, 6.07) is 11.2. The Morgan fingerprint density at radius 2 is 1.65 bits per heavy atom. The van der Waals surface area contributed by atoms with E-state index < -0.39 is 23.0 Å². The SMILES string of the molecule is O=S(O)Nc1cccc(-c2ccc(C(F)(F)F)cc2)c1.